The second-order valence-corrected chi connectivity index (χ2v) is 7.42. The fourth-order valence-corrected chi connectivity index (χ4v) is 3.42. The van der Waals surface area contributed by atoms with Gasteiger partial charge in [0, 0.05) is 59.1 Å². The van der Waals surface area contributed by atoms with Crippen LogP contribution in [0.3, 0.4) is 0 Å². The second kappa shape index (κ2) is 7.66. The minimum Gasteiger partial charge on any atom is -0.396 e. The van der Waals surface area contributed by atoms with E-state index < -0.39 is 0 Å². The number of aryl methyl sites for hydroxylation is 1. The Morgan fingerprint density at radius 1 is 1.36 bits per heavy atom. The van der Waals surface area contributed by atoms with Crippen LogP contribution in [-0.4, -0.2) is 83.7 Å². The third-order valence-corrected chi connectivity index (χ3v) is 5.14. The average molecular weight is 347 g/mol. The number of carbonyl (C=O) groups is 1. The number of piperazine rings is 1. The van der Waals surface area contributed by atoms with Crippen molar-refractivity contribution in [2.24, 2.45) is 5.92 Å². The van der Waals surface area contributed by atoms with E-state index >= 15 is 0 Å². The molecule has 0 unspecified atom stereocenters. The van der Waals surface area contributed by atoms with Gasteiger partial charge in [-0.3, -0.25) is 9.69 Å². The number of nitrogens with zero attached hydrogens (tertiary/aromatic N) is 5. The maximum absolute atomic E-state index is 12.9. The molecule has 1 aromatic heterocycles. The largest absolute Gasteiger partial charge is 0.396 e. The molecule has 0 radical (unpaired) electrons. The molecule has 2 aliphatic rings. The average Bonchev–Trinajstić information content (AvgIpc) is 3.40. The topological polar surface area (TPSA) is 72.8 Å². The minimum absolute atomic E-state index is 0.00295. The molecular weight excluding hydrogens is 318 g/mol. The fourth-order valence-electron chi connectivity index (χ4n) is 3.42. The first-order valence-electron chi connectivity index (χ1n) is 9.14. The first-order chi connectivity index (χ1) is 12.0. The molecule has 1 aliphatic carbocycles. The summed E-state index contributed by atoms with van der Waals surface area (Å²) in [6, 6.07) is 0.241. The Bertz CT molecular complexity index is 617. The monoisotopic (exact) mass is 347 g/mol. The molecular formula is C18H29N5O2. The lowest BCUT2D eigenvalue weighted by molar-refractivity contribution is 0.0406. The van der Waals surface area contributed by atoms with Crippen molar-refractivity contribution in [2.75, 3.05) is 51.8 Å². The zero-order valence-corrected chi connectivity index (χ0v) is 15.5. The van der Waals surface area contributed by atoms with Crippen LogP contribution in [0.4, 0.5) is 5.95 Å². The van der Waals surface area contributed by atoms with Crippen molar-refractivity contribution in [2.45, 2.75) is 32.2 Å². The van der Waals surface area contributed by atoms with Crippen molar-refractivity contribution >= 4 is 11.9 Å². The number of aliphatic hydroxyl groups excluding tert-OH is 1. The smallest absolute Gasteiger partial charge is 0.257 e. The summed E-state index contributed by atoms with van der Waals surface area (Å²) in [4.78, 5) is 27.8. The summed E-state index contributed by atoms with van der Waals surface area (Å²) in [6.45, 7) is 5.39. The first kappa shape index (κ1) is 18.1. The van der Waals surface area contributed by atoms with Crippen molar-refractivity contribution in [3.05, 3.63) is 17.5 Å². The van der Waals surface area contributed by atoms with Gasteiger partial charge in [-0.1, -0.05) is 0 Å². The van der Waals surface area contributed by atoms with Crippen molar-refractivity contribution in [1.29, 1.82) is 0 Å². The lowest BCUT2D eigenvalue weighted by atomic mass is 10.1. The Labute approximate surface area is 149 Å². The van der Waals surface area contributed by atoms with Gasteiger partial charge in [0.1, 0.15) is 0 Å². The van der Waals surface area contributed by atoms with Gasteiger partial charge in [0.25, 0.3) is 5.91 Å². The number of aromatic nitrogens is 2. The summed E-state index contributed by atoms with van der Waals surface area (Å²) in [5.74, 6) is 1.43. The number of aliphatic hydroxyl groups is 1. The summed E-state index contributed by atoms with van der Waals surface area (Å²) >= 11 is 0. The molecule has 1 aromatic rings. The third kappa shape index (κ3) is 4.27. The summed E-state index contributed by atoms with van der Waals surface area (Å²) in [5.41, 5.74) is 1.28. The molecule has 0 bridgehead atoms. The van der Waals surface area contributed by atoms with Gasteiger partial charge in [-0.15, -0.1) is 0 Å². The van der Waals surface area contributed by atoms with Crippen LogP contribution in [0.1, 0.15) is 35.3 Å². The quantitative estimate of drug-likeness (QED) is 0.819. The van der Waals surface area contributed by atoms with E-state index in [-0.39, 0.29) is 18.6 Å². The molecule has 7 nitrogen and oxygen atoms in total. The van der Waals surface area contributed by atoms with Gasteiger partial charge in [-0.25, -0.2) is 9.97 Å². The molecule has 0 aromatic carbocycles. The first-order valence-corrected chi connectivity index (χ1v) is 9.14. The molecule has 1 atom stereocenters. The molecule has 3 rings (SSSR count). The van der Waals surface area contributed by atoms with Gasteiger partial charge in [0.2, 0.25) is 5.95 Å². The van der Waals surface area contributed by atoms with E-state index in [9.17, 15) is 9.90 Å². The number of anilines is 1. The third-order valence-electron chi connectivity index (χ3n) is 5.14. The van der Waals surface area contributed by atoms with Gasteiger partial charge in [-0.2, -0.15) is 0 Å². The number of hydrogen-bond acceptors (Lipinski definition) is 6. The fraction of sp³-hybridized carbons (Fsp3) is 0.722. The highest BCUT2D eigenvalue weighted by Gasteiger charge is 2.33. The number of rotatable bonds is 6. The predicted molar refractivity (Wildman–Crippen MR) is 96.8 cm³/mol. The van der Waals surface area contributed by atoms with E-state index in [4.69, 9.17) is 0 Å². The Hall–Kier alpha value is -1.73. The van der Waals surface area contributed by atoms with Gasteiger partial charge < -0.3 is 14.9 Å². The summed E-state index contributed by atoms with van der Waals surface area (Å²) in [5, 5.41) is 9.40. The number of hydrogen-bond donors (Lipinski definition) is 1. The van der Waals surface area contributed by atoms with Crippen LogP contribution in [-0.2, 0) is 0 Å². The van der Waals surface area contributed by atoms with Crippen molar-refractivity contribution in [3.63, 3.8) is 0 Å². The van der Waals surface area contributed by atoms with E-state index in [0.717, 1.165) is 25.6 Å². The van der Waals surface area contributed by atoms with E-state index in [2.05, 4.69) is 14.9 Å². The zero-order valence-electron chi connectivity index (χ0n) is 15.5. The van der Waals surface area contributed by atoms with Crippen molar-refractivity contribution < 1.29 is 9.90 Å². The SMILES string of the molecule is Cc1nc(N(C)C)ncc1C(=O)N1CCN(CC2CC2)[C@@H](CCO)C1. The number of amides is 1. The zero-order chi connectivity index (χ0) is 18.0. The Kier molecular flexibility index (Phi) is 5.54. The van der Waals surface area contributed by atoms with Crippen LogP contribution >= 0.6 is 0 Å². The molecule has 138 valence electrons. The standard InChI is InChI=1S/C18H29N5O2/c1-13-16(10-19-18(20-13)21(2)3)17(25)23-8-7-22(11-14-4-5-14)15(12-23)6-9-24/h10,14-15,24H,4-9,11-12H2,1-3H3/t15-/m0/s1. The van der Waals surface area contributed by atoms with Crippen molar-refractivity contribution in [3.8, 4) is 0 Å². The molecule has 7 heteroatoms. The predicted octanol–water partition coefficient (Wildman–Crippen LogP) is 0.770. The molecule has 25 heavy (non-hydrogen) atoms. The normalized spacial score (nSPS) is 21.4. The Morgan fingerprint density at radius 3 is 2.72 bits per heavy atom. The van der Waals surface area contributed by atoms with Crippen LogP contribution in [0.5, 0.6) is 0 Å². The van der Waals surface area contributed by atoms with Crippen molar-refractivity contribution in [1.82, 2.24) is 19.8 Å². The lowest BCUT2D eigenvalue weighted by Gasteiger charge is -2.41. The van der Waals surface area contributed by atoms with Gasteiger partial charge in [0.05, 0.1) is 11.3 Å². The lowest BCUT2D eigenvalue weighted by Crippen LogP contribution is -2.55. The second-order valence-electron chi connectivity index (χ2n) is 7.42. The molecule has 2 heterocycles. The van der Waals surface area contributed by atoms with E-state index in [1.165, 1.54) is 12.8 Å². The van der Waals surface area contributed by atoms with E-state index in [0.29, 0.717) is 30.2 Å². The van der Waals surface area contributed by atoms with Crippen LogP contribution < -0.4 is 4.90 Å². The summed E-state index contributed by atoms with van der Waals surface area (Å²) < 4.78 is 0. The summed E-state index contributed by atoms with van der Waals surface area (Å²) in [6.07, 6.45) is 4.99. The van der Waals surface area contributed by atoms with Crippen LogP contribution in [0.2, 0.25) is 0 Å². The Morgan fingerprint density at radius 2 is 2.12 bits per heavy atom. The highest BCUT2D eigenvalue weighted by Crippen LogP contribution is 2.31. The van der Waals surface area contributed by atoms with E-state index in [1.807, 2.05) is 30.8 Å². The summed E-state index contributed by atoms with van der Waals surface area (Å²) in [7, 11) is 3.77. The molecule has 1 saturated carbocycles. The van der Waals surface area contributed by atoms with Crippen LogP contribution in [0, 0.1) is 12.8 Å². The van der Waals surface area contributed by atoms with Gasteiger partial charge >= 0.3 is 0 Å². The highest BCUT2D eigenvalue weighted by molar-refractivity contribution is 5.95. The number of carbonyl (C=O) groups excluding carboxylic acids is 1. The van der Waals surface area contributed by atoms with Gasteiger partial charge in [0.15, 0.2) is 0 Å². The minimum atomic E-state index is -0.00295. The highest BCUT2D eigenvalue weighted by atomic mass is 16.3. The molecule has 1 saturated heterocycles. The Balaban J connectivity index is 1.69. The van der Waals surface area contributed by atoms with Gasteiger partial charge in [-0.05, 0) is 32.1 Å². The maximum Gasteiger partial charge on any atom is 0.257 e. The van der Waals surface area contributed by atoms with E-state index in [1.54, 1.807) is 6.20 Å². The van der Waals surface area contributed by atoms with Crippen LogP contribution in [0.15, 0.2) is 6.20 Å². The molecule has 1 amide bonds. The maximum atomic E-state index is 12.9. The molecule has 1 N–H and O–H groups in total. The van der Waals surface area contributed by atoms with Crippen LogP contribution in [0.25, 0.3) is 0 Å². The molecule has 0 spiro atoms. The molecule has 2 fully saturated rings. The molecule has 1 aliphatic heterocycles.